The zero-order valence-corrected chi connectivity index (χ0v) is 6.55. The van der Waals surface area contributed by atoms with Crippen LogP contribution in [0.1, 0.15) is 12.8 Å². The molecule has 1 radical (unpaired) electrons. The number of piperidine rings is 1. The van der Waals surface area contributed by atoms with Gasteiger partial charge in [0.25, 0.3) is 0 Å². The quantitative estimate of drug-likeness (QED) is 0.527. The molecule has 3 heteroatoms. The molecule has 2 aliphatic rings. The van der Waals surface area contributed by atoms with Gasteiger partial charge in [-0.05, 0) is 19.3 Å². The smallest absolute Gasteiger partial charge is 0.210 e. The minimum absolute atomic E-state index is 0.271. The molecule has 2 rings (SSSR count). The highest BCUT2D eigenvalue weighted by Crippen LogP contribution is 2.28. The Hall–Kier alpha value is -0.150. The molecular weight excluding hydrogens is 145 g/mol. The van der Waals surface area contributed by atoms with Gasteiger partial charge in [-0.1, -0.05) is 0 Å². The van der Waals surface area contributed by atoms with Crippen LogP contribution in [0, 0.1) is 6.42 Å². The van der Waals surface area contributed by atoms with Crippen molar-refractivity contribution in [3.63, 3.8) is 0 Å². The van der Waals surface area contributed by atoms with Gasteiger partial charge in [-0.3, -0.25) is 4.90 Å². The van der Waals surface area contributed by atoms with E-state index in [2.05, 4.69) is 6.42 Å². The largest absolute Gasteiger partial charge is 0.372 e. The molecule has 0 bridgehead atoms. The number of hydrogen-bond acceptors (Lipinski definition) is 2. The number of likely N-dealkylation sites (tertiary alicyclic amines) is 1. The van der Waals surface area contributed by atoms with Crippen molar-refractivity contribution in [1.29, 1.82) is 0 Å². The third-order valence-corrected chi connectivity index (χ3v) is 2.42. The van der Waals surface area contributed by atoms with Crippen LogP contribution in [0.3, 0.4) is 0 Å². The van der Waals surface area contributed by atoms with Crippen molar-refractivity contribution in [2.45, 2.75) is 18.6 Å². The van der Waals surface area contributed by atoms with E-state index in [1.54, 1.807) is 0 Å². The summed E-state index contributed by atoms with van der Waals surface area (Å²) in [5.74, 6) is -1.12. The normalized spacial score (nSPS) is 31.4. The van der Waals surface area contributed by atoms with E-state index in [9.17, 15) is 4.39 Å². The zero-order chi connectivity index (χ0) is 7.73. The molecule has 0 aromatic rings. The lowest BCUT2D eigenvalue weighted by molar-refractivity contribution is -0.215. The van der Waals surface area contributed by atoms with Gasteiger partial charge in [0, 0.05) is 13.1 Å². The minimum Gasteiger partial charge on any atom is -0.372 e. The fourth-order valence-corrected chi connectivity index (χ4v) is 1.60. The molecule has 63 valence electrons. The fourth-order valence-electron chi connectivity index (χ4n) is 1.60. The second-order valence-corrected chi connectivity index (χ2v) is 3.26. The lowest BCUT2D eigenvalue weighted by Crippen LogP contribution is -2.60. The minimum atomic E-state index is -1.12. The Kier molecular flexibility index (Phi) is 1.85. The van der Waals surface area contributed by atoms with Crippen molar-refractivity contribution in [3.8, 4) is 0 Å². The molecule has 2 aliphatic heterocycles. The number of alkyl halides is 1. The van der Waals surface area contributed by atoms with E-state index < -0.39 is 5.79 Å². The van der Waals surface area contributed by atoms with E-state index in [0.29, 0.717) is 0 Å². The molecule has 2 nitrogen and oxygen atoms in total. The summed E-state index contributed by atoms with van der Waals surface area (Å²) in [4.78, 5) is 1.90. The van der Waals surface area contributed by atoms with Gasteiger partial charge >= 0.3 is 0 Å². The van der Waals surface area contributed by atoms with E-state index >= 15 is 0 Å². The van der Waals surface area contributed by atoms with E-state index in [1.165, 1.54) is 0 Å². The molecule has 0 aromatic carbocycles. The Morgan fingerprint density at radius 3 is 2.36 bits per heavy atom. The van der Waals surface area contributed by atoms with Crippen molar-refractivity contribution in [1.82, 2.24) is 4.90 Å². The molecule has 0 spiro atoms. The first-order valence-corrected chi connectivity index (χ1v) is 4.15. The lowest BCUT2D eigenvalue weighted by atomic mass is 10.1. The Balaban J connectivity index is 1.91. The summed E-state index contributed by atoms with van der Waals surface area (Å²) in [5, 5.41) is 0. The highest BCUT2D eigenvalue weighted by molar-refractivity contribution is 4.90. The summed E-state index contributed by atoms with van der Waals surface area (Å²) in [6.45, 7) is 2.26. The fraction of sp³-hybridized carbons (Fsp3) is 0.875. The summed E-state index contributed by atoms with van der Waals surface area (Å²) in [7, 11) is 0. The first-order valence-electron chi connectivity index (χ1n) is 4.15. The van der Waals surface area contributed by atoms with Crippen molar-refractivity contribution in [2.75, 3.05) is 26.3 Å². The van der Waals surface area contributed by atoms with Gasteiger partial charge in [0.05, 0.1) is 13.2 Å². The second-order valence-electron chi connectivity index (χ2n) is 3.26. The maximum Gasteiger partial charge on any atom is 0.210 e. The Bertz CT molecular complexity index is 141. The lowest BCUT2D eigenvalue weighted by Gasteiger charge is -2.44. The summed E-state index contributed by atoms with van der Waals surface area (Å²) >= 11 is 0. The standard InChI is InChI=1S/C8H13FNO/c9-8(6-11-7-8)10-4-2-1-3-5-10/h1H,2-7H2. The Morgan fingerprint density at radius 1 is 1.27 bits per heavy atom. The molecule has 0 amide bonds. The first-order chi connectivity index (χ1) is 5.31. The number of halogens is 1. The van der Waals surface area contributed by atoms with Gasteiger partial charge in [0.15, 0.2) is 0 Å². The SMILES string of the molecule is FC1(N2CC[CH]CC2)COC1. The van der Waals surface area contributed by atoms with Crippen LogP contribution in [0.2, 0.25) is 0 Å². The van der Waals surface area contributed by atoms with Crippen LogP contribution in [0.15, 0.2) is 0 Å². The molecule has 0 atom stereocenters. The van der Waals surface area contributed by atoms with E-state index in [-0.39, 0.29) is 13.2 Å². The zero-order valence-electron chi connectivity index (χ0n) is 6.55. The maximum atomic E-state index is 13.6. The first kappa shape index (κ1) is 7.50. The predicted molar refractivity (Wildman–Crippen MR) is 39.8 cm³/mol. The molecule has 0 aromatic heterocycles. The average molecular weight is 158 g/mol. The summed E-state index contributed by atoms with van der Waals surface area (Å²) < 4.78 is 18.4. The average Bonchev–Trinajstić information content (AvgIpc) is 2.02. The summed E-state index contributed by atoms with van der Waals surface area (Å²) in [5.41, 5.74) is 0. The number of ether oxygens (including phenoxy) is 1. The van der Waals surface area contributed by atoms with Crippen LogP contribution in [0.25, 0.3) is 0 Å². The Labute approximate surface area is 66.3 Å². The second kappa shape index (κ2) is 2.72. The molecule has 2 heterocycles. The third-order valence-electron chi connectivity index (χ3n) is 2.42. The third kappa shape index (κ3) is 1.27. The van der Waals surface area contributed by atoms with Gasteiger partial charge < -0.3 is 4.74 Å². The molecule has 11 heavy (non-hydrogen) atoms. The molecular formula is C8H13FNO. The molecule has 2 fully saturated rings. The van der Waals surface area contributed by atoms with Crippen LogP contribution >= 0.6 is 0 Å². The van der Waals surface area contributed by atoms with Crippen molar-refractivity contribution in [3.05, 3.63) is 6.42 Å². The summed E-state index contributed by atoms with van der Waals surface area (Å²) in [6.07, 6.45) is 4.26. The molecule has 0 aliphatic carbocycles. The monoisotopic (exact) mass is 158 g/mol. The maximum absolute atomic E-state index is 13.6. The summed E-state index contributed by atoms with van der Waals surface area (Å²) in [6, 6.07) is 0. The van der Waals surface area contributed by atoms with Gasteiger partial charge in [-0.25, -0.2) is 4.39 Å². The van der Waals surface area contributed by atoms with E-state index in [1.807, 2.05) is 4.90 Å². The van der Waals surface area contributed by atoms with Gasteiger partial charge in [-0.15, -0.1) is 0 Å². The van der Waals surface area contributed by atoms with Crippen LogP contribution in [-0.4, -0.2) is 37.0 Å². The van der Waals surface area contributed by atoms with Crippen molar-refractivity contribution >= 4 is 0 Å². The number of hydrogen-bond donors (Lipinski definition) is 0. The number of nitrogens with zero attached hydrogens (tertiary/aromatic N) is 1. The van der Waals surface area contributed by atoms with Crippen LogP contribution in [-0.2, 0) is 4.74 Å². The van der Waals surface area contributed by atoms with Gasteiger partial charge in [-0.2, -0.15) is 0 Å². The van der Waals surface area contributed by atoms with Crippen LogP contribution < -0.4 is 0 Å². The predicted octanol–water partition coefficient (Wildman–Crippen LogP) is 0.982. The molecule has 0 N–H and O–H groups in total. The van der Waals surface area contributed by atoms with Crippen LogP contribution in [0.4, 0.5) is 4.39 Å². The Morgan fingerprint density at radius 2 is 1.91 bits per heavy atom. The highest BCUT2D eigenvalue weighted by atomic mass is 19.1. The highest BCUT2D eigenvalue weighted by Gasteiger charge is 2.44. The van der Waals surface area contributed by atoms with Crippen LogP contribution in [0.5, 0.6) is 0 Å². The van der Waals surface area contributed by atoms with E-state index in [4.69, 9.17) is 4.74 Å². The topological polar surface area (TPSA) is 12.5 Å². The molecule has 0 saturated carbocycles. The van der Waals surface area contributed by atoms with E-state index in [0.717, 1.165) is 25.9 Å². The van der Waals surface area contributed by atoms with Gasteiger partial charge in [0.1, 0.15) is 0 Å². The molecule has 0 unspecified atom stereocenters. The molecule has 2 saturated heterocycles. The number of rotatable bonds is 1. The van der Waals surface area contributed by atoms with Crippen molar-refractivity contribution in [2.24, 2.45) is 0 Å². The van der Waals surface area contributed by atoms with Crippen molar-refractivity contribution < 1.29 is 9.13 Å². The van der Waals surface area contributed by atoms with Gasteiger partial charge in [0.2, 0.25) is 5.79 Å².